The molecule has 16 heavy (non-hydrogen) atoms. The molecule has 1 atom stereocenters. The highest BCUT2D eigenvalue weighted by Gasteiger charge is 2.15. The minimum atomic E-state index is 0.179. The van der Waals surface area contributed by atoms with E-state index in [1.807, 2.05) is 18.2 Å². The Kier molecular flexibility index (Phi) is 4.52. The van der Waals surface area contributed by atoms with Crippen molar-refractivity contribution in [1.29, 1.82) is 0 Å². The van der Waals surface area contributed by atoms with Gasteiger partial charge in [0.25, 0.3) is 0 Å². The summed E-state index contributed by atoms with van der Waals surface area (Å²) in [7, 11) is 0. The molecule has 1 unspecified atom stereocenters. The number of halogens is 4. The maximum Gasteiger partial charge on any atom is 0.0887 e. The van der Waals surface area contributed by atoms with Gasteiger partial charge in [0, 0.05) is 9.35 Å². The SMILES string of the molecule is Clc1cc(C(Br)c2cccc(Br)c2)sc1Br. The van der Waals surface area contributed by atoms with Crippen molar-refractivity contribution >= 4 is 70.7 Å². The van der Waals surface area contributed by atoms with Crippen LogP contribution in [0.2, 0.25) is 5.02 Å². The zero-order chi connectivity index (χ0) is 11.7. The first-order valence-corrected chi connectivity index (χ1v) is 8.12. The van der Waals surface area contributed by atoms with Gasteiger partial charge in [0.05, 0.1) is 13.6 Å². The van der Waals surface area contributed by atoms with E-state index in [9.17, 15) is 0 Å². The number of benzene rings is 1. The smallest absolute Gasteiger partial charge is 0.0887 e. The van der Waals surface area contributed by atoms with Gasteiger partial charge in [-0.2, -0.15) is 0 Å². The first-order valence-electron chi connectivity index (χ1n) is 4.42. The third-order valence-electron chi connectivity index (χ3n) is 2.06. The zero-order valence-electron chi connectivity index (χ0n) is 7.88. The summed E-state index contributed by atoms with van der Waals surface area (Å²) in [5.74, 6) is 0. The van der Waals surface area contributed by atoms with E-state index in [-0.39, 0.29) is 4.83 Å². The van der Waals surface area contributed by atoms with E-state index in [0.29, 0.717) is 0 Å². The highest BCUT2D eigenvalue weighted by molar-refractivity contribution is 9.11. The monoisotopic (exact) mass is 442 g/mol. The molecule has 0 aliphatic heterocycles. The summed E-state index contributed by atoms with van der Waals surface area (Å²) >= 11 is 18.3. The highest BCUT2D eigenvalue weighted by atomic mass is 79.9. The van der Waals surface area contributed by atoms with Crippen molar-refractivity contribution in [1.82, 2.24) is 0 Å². The van der Waals surface area contributed by atoms with E-state index in [1.54, 1.807) is 11.3 Å². The van der Waals surface area contributed by atoms with Gasteiger partial charge in [-0.3, -0.25) is 0 Å². The highest BCUT2D eigenvalue weighted by Crippen LogP contribution is 2.41. The van der Waals surface area contributed by atoms with Crippen LogP contribution >= 0.6 is 70.7 Å². The van der Waals surface area contributed by atoms with E-state index in [1.165, 1.54) is 10.4 Å². The second kappa shape index (κ2) is 5.53. The number of rotatable bonds is 2. The van der Waals surface area contributed by atoms with Gasteiger partial charge < -0.3 is 0 Å². The fourth-order valence-electron chi connectivity index (χ4n) is 1.32. The molecule has 1 aromatic carbocycles. The molecule has 0 saturated carbocycles. The van der Waals surface area contributed by atoms with Crippen LogP contribution in [0.15, 0.2) is 38.6 Å². The van der Waals surface area contributed by atoms with Gasteiger partial charge in [0.1, 0.15) is 0 Å². The molecule has 2 aromatic rings. The lowest BCUT2D eigenvalue weighted by Crippen LogP contribution is -1.88. The molecular formula is C11H6Br3ClS. The summed E-state index contributed by atoms with van der Waals surface area (Å²) < 4.78 is 2.06. The lowest BCUT2D eigenvalue weighted by Gasteiger charge is -2.07. The summed E-state index contributed by atoms with van der Waals surface area (Å²) in [4.78, 5) is 1.37. The van der Waals surface area contributed by atoms with Gasteiger partial charge in [-0.1, -0.05) is 55.6 Å². The Labute approximate surface area is 128 Å². The van der Waals surface area contributed by atoms with Crippen LogP contribution in [0, 0.1) is 0 Å². The largest absolute Gasteiger partial charge is 0.130 e. The van der Waals surface area contributed by atoms with Gasteiger partial charge >= 0.3 is 0 Å². The molecule has 0 amide bonds. The van der Waals surface area contributed by atoms with Crippen LogP contribution in [0.3, 0.4) is 0 Å². The Morgan fingerprint density at radius 3 is 2.50 bits per heavy atom. The van der Waals surface area contributed by atoms with Crippen LogP contribution < -0.4 is 0 Å². The van der Waals surface area contributed by atoms with Gasteiger partial charge in [-0.25, -0.2) is 0 Å². The van der Waals surface area contributed by atoms with Crippen molar-refractivity contribution < 1.29 is 0 Å². The van der Waals surface area contributed by atoms with Crippen molar-refractivity contribution in [2.24, 2.45) is 0 Å². The zero-order valence-corrected chi connectivity index (χ0v) is 14.2. The normalized spacial score (nSPS) is 12.8. The van der Waals surface area contributed by atoms with Crippen LogP contribution in [0.5, 0.6) is 0 Å². The van der Waals surface area contributed by atoms with E-state index in [2.05, 4.69) is 59.9 Å². The van der Waals surface area contributed by atoms with Gasteiger partial charge in [0.15, 0.2) is 0 Å². The minimum absolute atomic E-state index is 0.179. The Balaban J connectivity index is 2.35. The van der Waals surface area contributed by atoms with Gasteiger partial charge in [-0.05, 0) is 39.7 Å². The number of thiophene rings is 1. The molecule has 5 heteroatoms. The van der Waals surface area contributed by atoms with Gasteiger partial charge in [-0.15, -0.1) is 11.3 Å². The number of hydrogen-bond acceptors (Lipinski definition) is 1. The molecule has 2 rings (SSSR count). The molecule has 0 fully saturated rings. The molecule has 0 saturated heterocycles. The molecule has 0 bridgehead atoms. The fourth-order valence-corrected chi connectivity index (χ4v) is 4.18. The molecule has 0 N–H and O–H groups in total. The summed E-state index contributed by atoms with van der Waals surface area (Å²) in [5.41, 5.74) is 1.21. The Morgan fingerprint density at radius 1 is 1.19 bits per heavy atom. The van der Waals surface area contributed by atoms with Gasteiger partial charge in [0.2, 0.25) is 0 Å². The number of hydrogen-bond donors (Lipinski definition) is 0. The average Bonchev–Trinajstić information content (AvgIpc) is 2.58. The van der Waals surface area contributed by atoms with Crippen molar-refractivity contribution in [3.63, 3.8) is 0 Å². The molecular weight excluding hydrogens is 439 g/mol. The topological polar surface area (TPSA) is 0 Å². The standard InChI is InChI=1S/C11H6Br3ClS/c12-7-3-1-2-6(4-7)10(13)9-5-8(15)11(14)16-9/h1-5,10H. The minimum Gasteiger partial charge on any atom is -0.130 e. The molecule has 0 radical (unpaired) electrons. The first-order chi connectivity index (χ1) is 7.58. The Morgan fingerprint density at radius 2 is 1.94 bits per heavy atom. The second-order valence-electron chi connectivity index (χ2n) is 3.19. The van der Waals surface area contributed by atoms with E-state index in [0.717, 1.165) is 13.3 Å². The van der Waals surface area contributed by atoms with E-state index >= 15 is 0 Å². The molecule has 0 spiro atoms. The molecule has 1 aromatic heterocycles. The second-order valence-corrected chi connectivity index (χ2v) is 7.83. The fraction of sp³-hybridized carbons (Fsp3) is 0.0909. The Bertz CT molecular complexity index is 490. The third kappa shape index (κ3) is 2.91. The molecule has 0 aliphatic rings. The lowest BCUT2D eigenvalue weighted by molar-refractivity contribution is 1.22. The van der Waals surface area contributed by atoms with E-state index < -0.39 is 0 Å². The first kappa shape index (κ1) is 13.1. The maximum absolute atomic E-state index is 6.03. The summed E-state index contributed by atoms with van der Waals surface area (Å²) in [6, 6.07) is 10.2. The average molecular weight is 445 g/mol. The number of alkyl halides is 1. The van der Waals surface area contributed by atoms with Crippen LogP contribution in [0.25, 0.3) is 0 Å². The molecule has 0 nitrogen and oxygen atoms in total. The van der Waals surface area contributed by atoms with Crippen molar-refractivity contribution in [3.05, 3.63) is 54.1 Å². The van der Waals surface area contributed by atoms with Crippen LogP contribution in [-0.2, 0) is 0 Å². The maximum atomic E-state index is 6.03. The van der Waals surface area contributed by atoms with Crippen LogP contribution in [-0.4, -0.2) is 0 Å². The van der Waals surface area contributed by atoms with Crippen molar-refractivity contribution in [2.45, 2.75) is 4.83 Å². The van der Waals surface area contributed by atoms with Crippen molar-refractivity contribution in [2.75, 3.05) is 0 Å². The predicted octanol–water partition coefficient (Wildman–Crippen LogP) is 6.41. The van der Waals surface area contributed by atoms with Crippen LogP contribution in [0.4, 0.5) is 0 Å². The van der Waals surface area contributed by atoms with E-state index in [4.69, 9.17) is 11.6 Å². The lowest BCUT2D eigenvalue weighted by atomic mass is 10.1. The summed E-state index contributed by atoms with van der Waals surface area (Å²) in [6.45, 7) is 0. The Hall–Kier alpha value is 0.650. The molecule has 0 aliphatic carbocycles. The van der Waals surface area contributed by atoms with Crippen molar-refractivity contribution in [3.8, 4) is 0 Å². The molecule has 1 heterocycles. The molecule has 84 valence electrons. The summed E-state index contributed by atoms with van der Waals surface area (Å²) in [6.07, 6.45) is 0. The predicted molar refractivity (Wildman–Crippen MR) is 81.9 cm³/mol. The third-order valence-corrected chi connectivity index (χ3v) is 6.41. The summed E-state index contributed by atoms with van der Waals surface area (Å²) in [5, 5.41) is 0.763. The van der Waals surface area contributed by atoms with Crippen LogP contribution in [0.1, 0.15) is 15.3 Å². The quantitative estimate of drug-likeness (QED) is 0.469.